The number of halogens is 1. The predicted molar refractivity (Wildman–Crippen MR) is 36.5 cm³/mol. The lowest BCUT2D eigenvalue weighted by Crippen LogP contribution is -2.14. The van der Waals surface area contributed by atoms with Gasteiger partial charge in [-0.3, -0.25) is 4.79 Å². The fourth-order valence-corrected chi connectivity index (χ4v) is 0.705. The van der Waals surface area contributed by atoms with E-state index in [0.29, 0.717) is 12.3 Å². The Morgan fingerprint density at radius 3 is 2.80 bits per heavy atom. The summed E-state index contributed by atoms with van der Waals surface area (Å²) in [6.07, 6.45) is 0.352. The zero-order chi connectivity index (χ0) is 7.98. The third-order valence-corrected chi connectivity index (χ3v) is 1.26. The highest BCUT2D eigenvalue weighted by atomic mass is 35.5. The lowest BCUT2D eigenvalue weighted by atomic mass is 10.1. The Balaban J connectivity index is 3.84. The molecule has 0 aliphatic heterocycles. The fraction of sp³-hybridized carbons (Fsp3) is 0.667. The van der Waals surface area contributed by atoms with Crippen LogP contribution in [0.5, 0.6) is 0 Å². The van der Waals surface area contributed by atoms with Gasteiger partial charge in [0.05, 0.1) is 13.2 Å². The Labute approximate surface area is 64.5 Å². The number of methoxy groups -OCH3 is 1. The standard InChI is InChI=1S/C6H8ClNO2/c1-10-6(9)5(4-8)2-3-7/h5H,2-3H2,1H3. The maximum Gasteiger partial charge on any atom is 0.323 e. The zero-order valence-electron chi connectivity index (χ0n) is 5.63. The van der Waals surface area contributed by atoms with E-state index >= 15 is 0 Å². The van der Waals surface area contributed by atoms with Gasteiger partial charge in [-0.25, -0.2) is 0 Å². The zero-order valence-corrected chi connectivity index (χ0v) is 6.39. The second-order valence-electron chi connectivity index (χ2n) is 1.68. The van der Waals surface area contributed by atoms with E-state index in [9.17, 15) is 4.79 Å². The molecule has 0 aromatic heterocycles. The minimum Gasteiger partial charge on any atom is -0.468 e. The minimum absolute atomic E-state index is 0.299. The quantitative estimate of drug-likeness (QED) is 0.457. The van der Waals surface area contributed by atoms with Crippen LogP contribution in [0.4, 0.5) is 0 Å². The van der Waals surface area contributed by atoms with Crippen LogP contribution in [0.3, 0.4) is 0 Å². The molecule has 0 saturated heterocycles. The molecule has 0 N–H and O–H groups in total. The van der Waals surface area contributed by atoms with E-state index in [0.717, 1.165) is 0 Å². The van der Waals surface area contributed by atoms with Gasteiger partial charge in [0.25, 0.3) is 0 Å². The van der Waals surface area contributed by atoms with Crippen LogP contribution in [0.1, 0.15) is 6.42 Å². The predicted octanol–water partition coefficient (Wildman–Crippen LogP) is 0.928. The van der Waals surface area contributed by atoms with Crippen molar-refractivity contribution in [3.63, 3.8) is 0 Å². The number of alkyl halides is 1. The van der Waals surface area contributed by atoms with Gasteiger partial charge in [0.15, 0.2) is 0 Å². The molecule has 1 unspecified atom stereocenters. The molecular formula is C6H8ClNO2. The van der Waals surface area contributed by atoms with Crippen molar-refractivity contribution < 1.29 is 9.53 Å². The summed E-state index contributed by atoms with van der Waals surface area (Å²) in [5, 5.41) is 8.35. The summed E-state index contributed by atoms with van der Waals surface area (Å²) >= 11 is 5.32. The molecule has 0 fully saturated rings. The lowest BCUT2D eigenvalue weighted by Gasteiger charge is -2.01. The number of carbonyl (C=O) groups excluding carboxylic acids is 1. The monoisotopic (exact) mass is 161 g/mol. The number of esters is 1. The van der Waals surface area contributed by atoms with E-state index in [-0.39, 0.29) is 0 Å². The normalized spacial score (nSPS) is 11.7. The molecule has 0 aliphatic carbocycles. The second-order valence-corrected chi connectivity index (χ2v) is 2.06. The van der Waals surface area contributed by atoms with Crippen LogP contribution in [0, 0.1) is 17.2 Å². The van der Waals surface area contributed by atoms with E-state index in [1.807, 2.05) is 0 Å². The lowest BCUT2D eigenvalue weighted by molar-refractivity contribution is -0.143. The molecule has 56 valence electrons. The summed E-state index contributed by atoms with van der Waals surface area (Å²) in [6, 6.07) is 1.79. The van der Waals surface area contributed by atoms with Crippen molar-refractivity contribution in [2.24, 2.45) is 5.92 Å². The van der Waals surface area contributed by atoms with Gasteiger partial charge in [0.2, 0.25) is 0 Å². The Kier molecular flexibility index (Phi) is 4.69. The van der Waals surface area contributed by atoms with Crippen LogP contribution in [0.2, 0.25) is 0 Å². The number of carbonyl (C=O) groups is 1. The molecule has 10 heavy (non-hydrogen) atoms. The van der Waals surface area contributed by atoms with Gasteiger partial charge in [0, 0.05) is 5.88 Å². The smallest absolute Gasteiger partial charge is 0.323 e. The van der Waals surface area contributed by atoms with Crippen molar-refractivity contribution >= 4 is 17.6 Å². The van der Waals surface area contributed by atoms with Gasteiger partial charge >= 0.3 is 5.97 Å². The van der Waals surface area contributed by atoms with Crippen molar-refractivity contribution in [1.29, 1.82) is 5.26 Å². The van der Waals surface area contributed by atoms with E-state index in [2.05, 4.69) is 4.74 Å². The van der Waals surface area contributed by atoms with Gasteiger partial charge in [0.1, 0.15) is 5.92 Å². The molecule has 0 bridgehead atoms. The minimum atomic E-state index is -0.706. The number of nitriles is 1. The Hall–Kier alpha value is -0.750. The summed E-state index contributed by atoms with van der Waals surface area (Å²) in [5.41, 5.74) is 0. The van der Waals surface area contributed by atoms with Crippen molar-refractivity contribution in [1.82, 2.24) is 0 Å². The largest absolute Gasteiger partial charge is 0.468 e. The Morgan fingerprint density at radius 2 is 2.50 bits per heavy atom. The number of ether oxygens (including phenoxy) is 1. The molecule has 0 heterocycles. The maximum atomic E-state index is 10.6. The maximum absolute atomic E-state index is 10.6. The highest BCUT2D eigenvalue weighted by Gasteiger charge is 2.16. The first kappa shape index (κ1) is 9.25. The number of rotatable bonds is 3. The van der Waals surface area contributed by atoms with Gasteiger partial charge in [-0.2, -0.15) is 5.26 Å². The second kappa shape index (κ2) is 5.07. The van der Waals surface area contributed by atoms with Gasteiger partial charge in [-0.1, -0.05) is 0 Å². The van der Waals surface area contributed by atoms with E-state index in [1.165, 1.54) is 7.11 Å². The molecule has 3 nitrogen and oxygen atoms in total. The molecule has 0 amide bonds. The van der Waals surface area contributed by atoms with E-state index in [1.54, 1.807) is 6.07 Å². The van der Waals surface area contributed by atoms with Crippen molar-refractivity contribution in [2.75, 3.05) is 13.0 Å². The SMILES string of the molecule is COC(=O)C(C#N)CCCl. The third kappa shape index (κ3) is 2.70. The van der Waals surface area contributed by atoms with Gasteiger partial charge < -0.3 is 4.74 Å². The van der Waals surface area contributed by atoms with E-state index < -0.39 is 11.9 Å². The third-order valence-electron chi connectivity index (χ3n) is 1.04. The molecular weight excluding hydrogens is 154 g/mol. The molecule has 4 heteroatoms. The highest BCUT2D eigenvalue weighted by Crippen LogP contribution is 2.04. The van der Waals surface area contributed by atoms with Crippen LogP contribution >= 0.6 is 11.6 Å². The molecule has 0 aromatic rings. The Bertz CT molecular complexity index is 152. The van der Waals surface area contributed by atoms with Gasteiger partial charge in [-0.15, -0.1) is 11.6 Å². The molecule has 0 rings (SSSR count). The van der Waals surface area contributed by atoms with Crippen LogP contribution < -0.4 is 0 Å². The summed E-state index contributed by atoms with van der Waals surface area (Å²) in [5.74, 6) is -0.918. The average molecular weight is 162 g/mol. The van der Waals surface area contributed by atoms with Crippen LogP contribution in [-0.2, 0) is 9.53 Å². The van der Waals surface area contributed by atoms with Crippen molar-refractivity contribution in [3.05, 3.63) is 0 Å². The number of hydrogen-bond donors (Lipinski definition) is 0. The molecule has 0 radical (unpaired) electrons. The molecule has 0 aliphatic rings. The van der Waals surface area contributed by atoms with Crippen molar-refractivity contribution in [2.45, 2.75) is 6.42 Å². The summed E-state index contributed by atoms with van der Waals surface area (Å²) in [4.78, 5) is 10.6. The van der Waals surface area contributed by atoms with Gasteiger partial charge in [-0.05, 0) is 6.42 Å². The average Bonchev–Trinajstić information content (AvgIpc) is 1.99. The topological polar surface area (TPSA) is 50.1 Å². The molecule has 0 spiro atoms. The van der Waals surface area contributed by atoms with Crippen molar-refractivity contribution in [3.8, 4) is 6.07 Å². The van der Waals surface area contributed by atoms with E-state index in [4.69, 9.17) is 16.9 Å². The summed E-state index contributed by atoms with van der Waals surface area (Å²) < 4.78 is 4.34. The van der Waals surface area contributed by atoms with Crippen LogP contribution in [0.15, 0.2) is 0 Å². The van der Waals surface area contributed by atoms with Crippen LogP contribution in [0.25, 0.3) is 0 Å². The number of nitrogens with zero attached hydrogens (tertiary/aromatic N) is 1. The highest BCUT2D eigenvalue weighted by molar-refractivity contribution is 6.18. The summed E-state index contributed by atoms with van der Waals surface area (Å²) in [6.45, 7) is 0. The molecule has 1 atom stereocenters. The first-order valence-electron chi connectivity index (χ1n) is 2.79. The summed E-state index contributed by atoms with van der Waals surface area (Å²) in [7, 11) is 1.25. The fourth-order valence-electron chi connectivity index (χ4n) is 0.486. The first-order valence-corrected chi connectivity index (χ1v) is 3.33. The number of hydrogen-bond acceptors (Lipinski definition) is 3. The first-order chi connectivity index (χ1) is 4.76. The Morgan fingerprint density at radius 1 is 1.90 bits per heavy atom. The van der Waals surface area contributed by atoms with Crippen LogP contribution in [-0.4, -0.2) is 19.0 Å². The molecule has 0 aromatic carbocycles. The molecule has 0 saturated carbocycles.